The molecule has 76 valence electrons. The summed E-state index contributed by atoms with van der Waals surface area (Å²) in [5.41, 5.74) is 1.01. The van der Waals surface area contributed by atoms with Gasteiger partial charge in [0.05, 0.1) is 20.2 Å². The van der Waals surface area contributed by atoms with Crippen LogP contribution in [0.1, 0.15) is 0 Å². The molecular formula is C13H13NO. The molecule has 1 aromatic carbocycles. The molecule has 1 aromatic rings. The minimum atomic E-state index is 0.510. The monoisotopic (exact) mass is 199 g/mol. The lowest BCUT2D eigenvalue weighted by atomic mass is 10.2. The lowest BCUT2D eigenvalue weighted by Gasteiger charge is -2.19. The van der Waals surface area contributed by atoms with Gasteiger partial charge in [-0.1, -0.05) is 11.8 Å². The number of hydrogen-bond donors (Lipinski definition) is 0. The first-order valence-corrected chi connectivity index (χ1v) is 4.57. The maximum atomic E-state index is 5.27. The number of ether oxygens (including phenoxy) is 1. The van der Waals surface area contributed by atoms with E-state index in [9.17, 15) is 0 Å². The first-order valence-electron chi connectivity index (χ1n) is 4.57. The molecule has 2 nitrogen and oxygen atoms in total. The Kier molecular flexibility index (Phi) is 4.13. The summed E-state index contributed by atoms with van der Waals surface area (Å²) in [5, 5.41) is 0. The van der Waals surface area contributed by atoms with Crippen molar-refractivity contribution >= 4 is 5.69 Å². The van der Waals surface area contributed by atoms with Gasteiger partial charge in [-0.25, -0.2) is 0 Å². The summed E-state index contributed by atoms with van der Waals surface area (Å²) in [6.45, 7) is 1.02. The molecular weight excluding hydrogens is 186 g/mol. The Labute approximate surface area is 90.9 Å². The van der Waals surface area contributed by atoms with Crippen molar-refractivity contribution in [2.24, 2.45) is 0 Å². The highest BCUT2D eigenvalue weighted by molar-refractivity contribution is 5.50. The van der Waals surface area contributed by atoms with Crippen LogP contribution in [0.25, 0.3) is 0 Å². The number of terminal acetylenes is 2. The van der Waals surface area contributed by atoms with Crippen molar-refractivity contribution in [3.05, 3.63) is 24.3 Å². The summed E-state index contributed by atoms with van der Waals surface area (Å²) >= 11 is 0. The summed E-state index contributed by atoms with van der Waals surface area (Å²) in [4.78, 5) is 1.94. The van der Waals surface area contributed by atoms with Crippen LogP contribution in [-0.2, 0) is 0 Å². The van der Waals surface area contributed by atoms with Crippen molar-refractivity contribution < 1.29 is 4.74 Å². The molecule has 0 fully saturated rings. The molecule has 0 saturated heterocycles. The molecule has 0 aliphatic carbocycles. The molecule has 0 N–H and O–H groups in total. The van der Waals surface area contributed by atoms with Crippen LogP contribution in [0.3, 0.4) is 0 Å². The topological polar surface area (TPSA) is 12.5 Å². The SMILES string of the molecule is C#CCN(CC#C)c1ccc(OC)cc1. The average molecular weight is 199 g/mol. The van der Waals surface area contributed by atoms with Gasteiger partial charge < -0.3 is 9.64 Å². The normalized spacial score (nSPS) is 8.73. The largest absolute Gasteiger partial charge is 0.497 e. The Morgan fingerprint density at radius 3 is 2.07 bits per heavy atom. The van der Waals surface area contributed by atoms with Crippen LogP contribution in [0.2, 0.25) is 0 Å². The first kappa shape index (κ1) is 11.0. The lowest BCUT2D eigenvalue weighted by molar-refractivity contribution is 0.415. The number of methoxy groups -OCH3 is 1. The van der Waals surface area contributed by atoms with E-state index >= 15 is 0 Å². The van der Waals surface area contributed by atoms with E-state index in [0.717, 1.165) is 11.4 Å². The second-order valence-electron chi connectivity index (χ2n) is 2.96. The third-order valence-corrected chi connectivity index (χ3v) is 2.00. The Hall–Kier alpha value is -2.06. The summed E-state index contributed by atoms with van der Waals surface area (Å²) in [6.07, 6.45) is 10.5. The quantitative estimate of drug-likeness (QED) is 0.685. The smallest absolute Gasteiger partial charge is 0.119 e. The molecule has 0 aromatic heterocycles. The molecule has 1 rings (SSSR count). The molecule has 0 atom stereocenters. The average Bonchev–Trinajstić information content (AvgIpc) is 2.29. The number of anilines is 1. The van der Waals surface area contributed by atoms with Gasteiger partial charge in [-0.3, -0.25) is 0 Å². The zero-order valence-corrected chi connectivity index (χ0v) is 8.73. The minimum absolute atomic E-state index is 0.510. The van der Waals surface area contributed by atoms with Crippen LogP contribution in [0.4, 0.5) is 5.69 Å². The molecule has 0 saturated carbocycles. The van der Waals surface area contributed by atoms with Gasteiger partial charge in [-0.2, -0.15) is 0 Å². The standard InChI is InChI=1S/C13H13NO/c1-4-10-14(11-5-2)12-6-8-13(15-3)9-7-12/h1-2,6-9H,10-11H2,3H3. The van der Waals surface area contributed by atoms with E-state index in [-0.39, 0.29) is 0 Å². The van der Waals surface area contributed by atoms with Crippen molar-refractivity contribution in [2.45, 2.75) is 0 Å². The van der Waals surface area contributed by atoms with Crippen LogP contribution >= 0.6 is 0 Å². The summed E-state index contributed by atoms with van der Waals surface area (Å²) in [7, 11) is 1.63. The second kappa shape index (κ2) is 5.62. The van der Waals surface area contributed by atoms with Gasteiger partial charge in [-0.15, -0.1) is 12.8 Å². The van der Waals surface area contributed by atoms with Crippen molar-refractivity contribution in [2.75, 3.05) is 25.1 Å². The van der Waals surface area contributed by atoms with Crippen molar-refractivity contribution in [3.8, 4) is 30.4 Å². The number of benzene rings is 1. The van der Waals surface area contributed by atoms with E-state index in [0.29, 0.717) is 13.1 Å². The van der Waals surface area contributed by atoms with E-state index in [4.69, 9.17) is 17.6 Å². The third-order valence-electron chi connectivity index (χ3n) is 2.00. The zero-order chi connectivity index (χ0) is 11.1. The van der Waals surface area contributed by atoms with Gasteiger partial charge in [0.15, 0.2) is 0 Å². The van der Waals surface area contributed by atoms with Crippen LogP contribution in [0, 0.1) is 24.7 Å². The molecule has 0 aliphatic rings. The van der Waals surface area contributed by atoms with Gasteiger partial charge in [0.1, 0.15) is 5.75 Å². The minimum Gasteiger partial charge on any atom is -0.497 e. The van der Waals surface area contributed by atoms with E-state index in [1.807, 2.05) is 29.2 Å². The Balaban J connectivity index is 2.83. The van der Waals surface area contributed by atoms with Gasteiger partial charge in [0.25, 0.3) is 0 Å². The van der Waals surface area contributed by atoms with Gasteiger partial charge in [0, 0.05) is 5.69 Å². The highest BCUT2D eigenvalue weighted by atomic mass is 16.5. The molecule has 0 aliphatic heterocycles. The van der Waals surface area contributed by atoms with Crippen molar-refractivity contribution in [1.29, 1.82) is 0 Å². The molecule has 2 heteroatoms. The zero-order valence-electron chi connectivity index (χ0n) is 8.73. The number of rotatable bonds is 4. The highest BCUT2D eigenvalue weighted by Gasteiger charge is 2.02. The lowest BCUT2D eigenvalue weighted by Crippen LogP contribution is -2.23. The van der Waals surface area contributed by atoms with Gasteiger partial charge in [0.2, 0.25) is 0 Å². The van der Waals surface area contributed by atoms with Gasteiger partial charge >= 0.3 is 0 Å². The van der Waals surface area contributed by atoms with E-state index in [1.54, 1.807) is 7.11 Å². The van der Waals surface area contributed by atoms with E-state index in [2.05, 4.69) is 11.8 Å². The Morgan fingerprint density at radius 2 is 1.67 bits per heavy atom. The summed E-state index contributed by atoms with van der Waals surface area (Å²) in [5.74, 6) is 5.98. The maximum Gasteiger partial charge on any atom is 0.119 e. The van der Waals surface area contributed by atoms with Crippen LogP contribution in [-0.4, -0.2) is 20.2 Å². The first-order chi connectivity index (χ1) is 7.31. The fraction of sp³-hybridized carbons (Fsp3) is 0.231. The fourth-order valence-electron chi connectivity index (χ4n) is 1.25. The summed E-state index contributed by atoms with van der Waals surface area (Å²) < 4.78 is 5.07. The van der Waals surface area contributed by atoms with Crippen molar-refractivity contribution in [1.82, 2.24) is 0 Å². The van der Waals surface area contributed by atoms with E-state index < -0.39 is 0 Å². The molecule has 0 bridgehead atoms. The van der Waals surface area contributed by atoms with E-state index in [1.165, 1.54) is 0 Å². The predicted molar refractivity (Wildman–Crippen MR) is 62.9 cm³/mol. The van der Waals surface area contributed by atoms with Crippen LogP contribution < -0.4 is 9.64 Å². The Morgan fingerprint density at radius 1 is 1.13 bits per heavy atom. The van der Waals surface area contributed by atoms with Crippen LogP contribution in [0.5, 0.6) is 5.75 Å². The molecule has 0 heterocycles. The second-order valence-corrected chi connectivity index (χ2v) is 2.96. The fourth-order valence-corrected chi connectivity index (χ4v) is 1.25. The summed E-state index contributed by atoms with van der Waals surface area (Å²) in [6, 6.07) is 7.64. The Bertz CT molecular complexity index is 364. The number of hydrogen-bond acceptors (Lipinski definition) is 2. The predicted octanol–water partition coefficient (Wildman–Crippen LogP) is 1.77. The molecule has 0 radical (unpaired) electrons. The van der Waals surface area contributed by atoms with Gasteiger partial charge in [-0.05, 0) is 24.3 Å². The molecule has 0 unspecified atom stereocenters. The molecule has 0 amide bonds. The maximum absolute atomic E-state index is 5.27. The van der Waals surface area contributed by atoms with Crippen LogP contribution in [0.15, 0.2) is 24.3 Å². The molecule has 0 spiro atoms. The molecule has 15 heavy (non-hydrogen) atoms. The third kappa shape index (κ3) is 2.97. The highest BCUT2D eigenvalue weighted by Crippen LogP contribution is 2.18. The van der Waals surface area contributed by atoms with Crippen molar-refractivity contribution in [3.63, 3.8) is 0 Å². The number of nitrogens with zero attached hydrogens (tertiary/aromatic N) is 1.